The van der Waals surface area contributed by atoms with Gasteiger partial charge in [-0.3, -0.25) is 14.5 Å². The van der Waals surface area contributed by atoms with E-state index in [-0.39, 0.29) is 23.8 Å². The third-order valence-electron chi connectivity index (χ3n) is 7.58. The molecule has 2 amide bonds. The van der Waals surface area contributed by atoms with Crippen molar-refractivity contribution in [3.63, 3.8) is 0 Å². The van der Waals surface area contributed by atoms with E-state index in [2.05, 4.69) is 4.90 Å². The largest absolute Gasteiger partial charge is 0.332 e. The number of amides is 2. The molecule has 2 fully saturated rings. The summed E-state index contributed by atoms with van der Waals surface area (Å²) in [5.74, 6) is 2.00. The summed E-state index contributed by atoms with van der Waals surface area (Å²) < 4.78 is 0. The quantitative estimate of drug-likeness (QED) is 0.670. The van der Waals surface area contributed by atoms with Crippen LogP contribution in [0.3, 0.4) is 0 Å². The summed E-state index contributed by atoms with van der Waals surface area (Å²) in [4.78, 5) is 40.2. The topological polar surface area (TPSA) is 66.4 Å². The Morgan fingerprint density at radius 1 is 0.970 bits per heavy atom. The molecule has 6 nitrogen and oxygen atoms in total. The monoisotopic (exact) mass is 446 g/mol. The van der Waals surface area contributed by atoms with E-state index in [0.717, 1.165) is 74.1 Å². The second-order valence-electron chi connectivity index (χ2n) is 9.81. The lowest BCUT2D eigenvalue weighted by Crippen LogP contribution is -2.43. The van der Waals surface area contributed by atoms with Crippen molar-refractivity contribution >= 4 is 17.6 Å². The standard InChI is InChI=1S/C27H34N4O2/c1-19-22-15-16-24(32)31(18-20-10-4-2-5-11-20)26(22)29-25(28-19)23-14-8-9-17-30(23)27(33)21-12-6-3-7-13-21/h2,4-5,10-11,21,23H,3,6-9,12-18H2,1H3/t23-/m1/s1. The number of carbonyl (C=O) groups excluding carboxylic acids is 2. The fourth-order valence-corrected chi connectivity index (χ4v) is 5.73. The highest BCUT2D eigenvalue weighted by molar-refractivity contribution is 5.95. The van der Waals surface area contributed by atoms with Crippen LogP contribution in [0.2, 0.25) is 0 Å². The van der Waals surface area contributed by atoms with Crippen LogP contribution in [0.1, 0.15) is 86.5 Å². The zero-order valence-corrected chi connectivity index (χ0v) is 19.6. The zero-order chi connectivity index (χ0) is 22.8. The van der Waals surface area contributed by atoms with E-state index in [4.69, 9.17) is 9.97 Å². The first-order valence-corrected chi connectivity index (χ1v) is 12.6. The van der Waals surface area contributed by atoms with E-state index >= 15 is 0 Å². The molecule has 3 aliphatic rings. The predicted octanol–water partition coefficient (Wildman–Crippen LogP) is 4.90. The molecular formula is C27H34N4O2. The molecule has 0 unspecified atom stereocenters. The van der Waals surface area contributed by atoms with Crippen molar-refractivity contribution in [1.82, 2.24) is 14.9 Å². The number of carbonyl (C=O) groups is 2. The molecule has 1 aromatic carbocycles. The lowest BCUT2D eigenvalue weighted by molar-refractivity contribution is -0.140. The SMILES string of the molecule is Cc1nc([C@H]2CCCCN2C(=O)C2CCCCC2)nc2c1CCC(=O)N2Cc1ccccc1. The van der Waals surface area contributed by atoms with Gasteiger partial charge in [0.05, 0.1) is 12.6 Å². The molecule has 1 aliphatic carbocycles. The maximum absolute atomic E-state index is 13.5. The highest BCUT2D eigenvalue weighted by Gasteiger charge is 2.36. The van der Waals surface area contributed by atoms with Crippen LogP contribution in [0.5, 0.6) is 0 Å². The van der Waals surface area contributed by atoms with Gasteiger partial charge in [0, 0.05) is 30.1 Å². The van der Waals surface area contributed by atoms with Crippen LogP contribution in [0.25, 0.3) is 0 Å². The molecule has 0 bridgehead atoms. The average molecular weight is 447 g/mol. The molecule has 0 radical (unpaired) electrons. The van der Waals surface area contributed by atoms with Crippen molar-refractivity contribution in [3.05, 3.63) is 53.0 Å². The van der Waals surface area contributed by atoms with Crippen molar-refractivity contribution in [1.29, 1.82) is 0 Å². The summed E-state index contributed by atoms with van der Waals surface area (Å²) in [6.07, 6.45) is 9.73. The zero-order valence-electron chi connectivity index (χ0n) is 19.6. The first-order valence-electron chi connectivity index (χ1n) is 12.6. The van der Waals surface area contributed by atoms with Crippen molar-refractivity contribution in [3.8, 4) is 0 Å². The van der Waals surface area contributed by atoms with E-state index < -0.39 is 0 Å². The number of piperidine rings is 1. The van der Waals surface area contributed by atoms with Gasteiger partial charge in [0.25, 0.3) is 0 Å². The number of nitrogens with zero attached hydrogens (tertiary/aromatic N) is 4. The number of hydrogen-bond acceptors (Lipinski definition) is 4. The summed E-state index contributed by atoms with van der Waals surface area (Å²) >= 11 is 0. The van der Waals surface area contributed by atoms with Crippen LogP contribution in [0.4, 0.5) is 5.82 Å². The number of benzene rings is 1. The third-order valence-corrected chi connectivity index (χ3v) is 7.58. The molecule has 6 heteroatoms. The van der Waals surface area contributed by atoms with Gasteiger partial charge in [-0.05, 0) is 51.0 Å². The van der Waals surface area contributed by atoms with Crippen LogP contribution in [-0.4, -0.2) is 33.2 Å². The molecule has 3 heterocycles. The molecule has 0 N–H and O–H groups in total. The molecule has 2 aliphatic heterocycles. The molecule has 1 aromatic heterocycles. The molecule has 174 valence electrons. The van der Waals surface area contributed by atoms with Crippen molar-refractivity contribution in [2.75, 3.05) is 11.4 Å². The molecular weight excluding hydrogens is 412 g/mol. The van der Waals surface area contributed by atoms with Gasteiger partial charge in [0.15, 0.2) is 5.82 Å². The van der Waals surface area contributed by atoms with E-state index in [1.807, 2.05) is 42.2 Å². The Balaban J connectivity index is 1.47. The van der Waals surface area contributed by atoms with Gasteiger partial charge in [-0.15, -0.1) is 0 Å². The fourth-order valence-electron chi connectivity index (χ4n) is 5.73. The van der Waals surface area contributed by atoms with Gasteiger partial charge >= 0.3 is 0 Å². The predicted molar refractivity (Wildman–Crippen MR) is 128 cm³/mol. The second kappa shape index (κ2) is 9.62. The maximum Gasteiger partial charge on any atom is 0.228 e. The Labute approximate surface area is 196 Å². The van der Waals surface area contributed by atoms with E-state index in [0.29, 0.717) is 25.2 Å². The average Bonchev–Trinajstić information content (AvgIpc) is 2.86. The highest BCUT2D eigenvalue weighted by atomic mass is 16.2. The van der Waals surface area contributed by atoms with Crippen molar-refractivity contribution in [2.24, 2.45) is 5.92 Å². The third kappa shape index (κ3) is 4.53. The maximum atomic E-state index is 13.5. The number of hydrogen-bond donors (Lipinski definition) is 0. The Bertz CT molecular complexity index is 1020. The summed E-state index contributed by atoms with van der Waals surface area (Å²) in [6.45, 7) is 3.32. The van der Waals surface area contributed by atoms with Gasteiger partial charge in [-0.1, -0.05) is 49.6 Å². The molecule has 1 atom stereocenters. The van der Waals surface area contributed by atoms with Crippen LogP contribution in [-0.2, 0) is 22.6 Å². The van der Waals surface area contributed by atoms with Crippen molar-refractivity contribution < 1.29 is 9.59 Å². The van der Waals surface area contributed by atoms with E-state index in [1.165, 1.54) is 6.42 Å². The number of aryl methyl sites for hydroxylation is 1. The number of anilines is 1. The van der Waals surface area contributed by atoms with Gasteiger partial charge in [0.1, 0.15) is 5.82 Å². The highest BCUT2D eigenvalue weighted by Crippen LogP contribution is 2.36. The molecule has 33 heavy (non-hydrogen) atoms. The lowest BCUT2D eigenvalue weighted by Gasteiger charge is -2.38. The summed E-state index contributed by atoms with van der Waals surface area (Å²) in [6, 6.07) is 9.98. The van der Waals surface area contributed by atoms with Gasteiger partial charge in [-0.25, -0.2) is 9.97 Å². The molecule has 0 spiro atoms. The van der Waals surface area contributed by atoms with E-state index in [9.17, 15) is 9.59 Å². The van der Waals surface area contributed by atoms with Crippen LogP contribution >= 0.6 is 0 Å². The summed E-state index contributed by atoms with van der Waals surface area (Å²) in [7, 11) is 0. The summed E-state index contributed by atoms with van der Waals surface area (Å²) in [5.41, 5.74) is 3.09. The lowest BCUT2D eigenvalue weighted by atomic mass is 9.87. The number of fused-ring (bicyclic) bond motifs is 1. The number of aromatic nitrogens is 2. The summed E-state index contributed by atoms with van der Waals surface area (Å²) in [5, 5.41) is 0. The van der Waals surface area contributed by atoms with Crippen LogP contribution < -0.4 is 4.90 Å². The second-order valence-corrected chi connectivity index (χ2v) is 9.81. The Morgan fingerprint density at radius 3 is 2.52 bits per heavy atom. The van der Waals surface area contributed by atoms with Gasteiger partial charge in [0.2, 0.25) is 11.8 Å². The van der Waals surface area contributed by atoms with Crippen LogP contribution in [0, 0.1) is 12.8 Å². The Hall–Kier alpha value is -2.76. The molecule has 5 rings (SSSR count). The first kappa shape index (κ1) is 22.1. The number of likely N-dealkylation sites (tertiary alicyclic amines) is 1. The minimum absolute atomic E-state index is 0.0900. The normalized spacial score (nSPS) is 21.7. The molecule has 1 saturated carbocycles. The Kier molecular flexibility index (Phi) is 6.43. The van der Waals surface area contributed by atoms with Gasteiger partial charge < -0.3 is 4.90 Å². The van der Waals surface area contributed by atoms with Gasteiger partial charge in [-0.2, -0.15) is 0 Å². The molecule has 2 aromatic rings. The molecule has 1 saturated heterocycles. The Morgan fingerprint density at radius 2 is 1.73 bits per heavy atom. The minimum atomic E-state index is -0.0900. The smallest absolute Gasteiger partial charge is 0.228 e. The fraction of sp³-hybridized carbons (Fsp3) is 0.556. The van der Waals surface area contributed by atoms with Crippen molar-refractivity contribution in [2.45, 2.75) is 83.7 Å². The van der Waals surface area contributed by atoms with Crippen LogP contribution in [0.15, 0.2) is 30.3 Å². The number of rotatable bonds is 4. The minimum Gasteiger partial charge on any atom is -0.332 e. The first-order chi connectivity index (χ1) is 16.1. The van der Waals surface area contributed by atoms with E-state index in [1.54, 1.807) is 0 Å².